The molecule has 0 amide bonds. The second-order valence-corrected chi connectivity index (χ2v) is 5.45. The van der Waals surface area contributed by atoms with Gasteiger partial charge in [-0.15, -0.1) is 0 Å². The number of hydrogen-bond acceptors (Lipinski definition) is 2. The second kappa shape index (κ2) is 3.70. The minimum absolute atomic E-state index is 0.0921. The molecule has 1 heterocycles. The van der Waals surface area contributed by atoms with E-state index in [1.54, 1.807) is 0 Å². The van der Waals surface area contributed by atoms with Crippen LogP contribution in [0.25, 0.3) is 10.9 Å². The molecular formula is C11H12NO2S. The predicted molar refractivity (Wildman–Crippen MR) is 61.1 cm³/mol. The number of para-hydroxylation sites is 1. The molecule has 0 atom stereocenters. The lowest BCUT2D eigenvalue weighted by Gasteiger charge is -1.97. The molecule has 1 N–H and O–H groups in total. The molecular weight excluding hydrogens is 210 g/mol. The van der Waals surface area contributed by atoms with E-state index in [2.05, 4.69) is 11.2 Å². The third-order valence-electron chi connectivity index (χ3n) is 2.36. The predicted octanol–water partition coefficient (Wildman–Crippen LogP) is 1.92. The third kappa shape index (κ3) is 2.39. The van der Waals surface area contributed by atoms with E-state index >= 15 is 0 Å². The molecule has 0 aliphatic rings. The van der Waals surface area contributed by atoms with E-state index in [0.29, 0.717) is 6.42 Å². The van der Waals surface area contributed by atoms with Gasteiger partial charge in [0.05, 0.1) is 12.0 Å². The normalized spacial score (nSPS) is 12.1. The summed E-state index contributed by atoms with van der Waals surface area (Å²) < 4.78 is 21.9. The van der Waals surface area contributed by atoms with E-state index in [9.17, 15) is 8.42 Å². The molecule has 0 spiro atoms. The summed E-state index contributed by atoms with van der Waals surface area (Å²) in [6.45, 7) is 0. The van der Waals surface area contributed by atoms with Crippen molar-refractivity contribution in [2.75, 3.05) is 5.75 Å². The van der Waals surface area contributed by atoms with Crippen LogP contribution in [0.3, 0.4) is 0 Å². The maximum Gasteiger partial charge on any atom is 0.151 e. The van der Waals surface area contributed by atoms with Gasteiger partial charge >= 0.3 is 0 Å². The molecule has 0 fully saturated rings. The first-order valence-corrected chi connectivity index (χ1v) is 6.49. The molecule has 2 rings (SSSR count). The second-order valence-electron chi connectivity index (χ2n) is 3.56. The quantitative estimate of drug-likeness (QED) is 0.862. The van der Waals surface area contributed by atoms with Crippen LogP contribution in [-0.2, 0) is 16.3 Å². The van der Waals surface area contributed by atoms with Gasteiger partial charge in [-0.3, -0.25) is 0 Å². The SMILES string of the molecule is [CH2]S(=O)(=O)CCc1c[nH]c2ccccc12. The molecule has 0 aliphatic carbocycles. The molecule has 0 unspecified atom stereocenters. The van der Waals surface area contributed by atoms with Crippen LogP contribution in [0.15, 0.2) is 30.5 Å². The van der Waals surface area contributed by atoms with Crippen molar-refractivity contribution < 1.29 is 8.42 Å². The van der Waals surface area contributed by atoms with E-state index in [0.717, 1.165) is 16.5 Å². The zero-order valence-corrected chi connectivity index (χ0v) is 9.05. The number of sulfone groups is 1. The molecule has 1 aromatic carbocycles. The Labute approximate surface area is 89.0 Å². The van der Waals surface area contributed by atoms with Gasteiger partial charge in [0.1, 0.15) is 0 Å². The largest absolute Gasteiger partial charge is 0.361 e. The standard InChI is InChI=1S/C11H12NO2S/c1-15(13,14)7-6-9-8-12-11-5-3-2-4-10(9)11/h2-5,8,12H,1,6-7H2. The number of hydrogen-bond donors (Lipinski definition) is 1. The van der Waals surface area contributed by atoms with E-state index in [4.69, 9.17) is 0 Å². The Morgan fingerprint density at radius 3 is 2.73 bits per heavy atom. The molecule has 1 aromatic heterocycles. The summed E-state index contributed by atoms with van der Waals surface area (Å²) in [7, 11) is -3.13. The molecule has 0 aliphatic heterocycles. The number of H-pyrrole nitrogens is 1. The number of benzene rings is 1. The Morgan fingerprint density at radius 2 is 2.00 bits per heavy atom. The lowest BCUT2D eigenvalue weighted by molar-refractivity contribution is 0.603. The highest BCUT2D eigenvalue weighted by atomic mass is 32.2. The summed E-state index contributed by atoms with van der Waals surface area (Å²) in [6.07, 6.45) is 5.48. The Bertz CT molecular complexity index is 569. The van der Waals surface area contributed by atoms with Crippen molar-refractivity contribution in [2.24, 2.45) is 0 Å². The average molecular weight is 222 g/mol. The minimum atomic E-state index is -3.13. The molecule has 0 bridgehead atoms. The van der Waals surface area contributed by atoms with Crippen molar-refractivity contribution in [1.29, 1.82) is 0 Å². The molecule has 15 heavy (non-hydrogen) atoms. The molecule has 1 radical (unpaired) electrons. The first kappa shape index (κ1) is 10.2. The lowest BCUT2D eigenvalue weighted by atomic mass is 10.1. The smallest absolute Gasteiger partial charge is 0.151 e. The van der Waals surface area contributed by atoms with Crippen molar-refractivity contribution in [2.45, 2.75) is 6.42 Å². The molecule has 79 valence electrons. The van der Waals surface area contributed by atoms with Crippen molar-refractivity contribution in [1.82, 2.24) is 4.98 Å². The van der Waals surface area contributed by atoms with Gasteiger partial charge in [-0.05, 0) is 18.1 Å². The summed E-state index contributed by atoms with van der Waals surface area (Å²) in [5.74, 6) is 0.0921. The zero-order chi connectivity index (χ0) is 10.9. The van der Waals surface area contributed by atoms with Gasteiger partial charge < -0.3 is 4.98 Å². The fourth-order valence-corrected chi connectivity index (χ4v) is 2.13. The van der Waals surface area contributed by atoms with Crippen molar-refractivity contribution in [3.05, 3.63) is 42.3 Å². The molecule has 0 saturated heterocycles. The van der Waals surface area contributed by atoms with E-state index in [1.807, 2.05) is 30.5 Å². The summed E-state index contributed by atoms with van der Waals surface area (Å²) >= 11 is 0. The maximum absolute atomic E-state index is 10.9. The lowest BCUT2D eigenvalue weighted by Crippen LogP contribution is -2.03. The number of rotatable bonds is 3. The Balaban J connectivity index is 2.29. The van der Waals surface area contributed by atoms with Gasteiger partial charge in [0.2, 0.25) is 0 Å². The third-order valence-corrected chi connectivity index (χ3v) is 3.18. The van der Waals surface area contributed by atoms with E-state index in [1.165, 1.54) is 0 Å². The van der Waals surface area contributed by atoms with Gasteiger partial charge in [0.25, 0.3) is 0 Å². The first-order chi connectivity index (χ1) is 7.06. The monoisotopic (exact) mass is 222 g/mol. The van der Waals surface area contributed by atoms with Crippen molar-refractivity contribution in [3.63, 3.8) is 0 Å². The highest BCUT2D eigenvalue weighted by Crippen LogP contribution is 2.18. The molecule has 0 saturated carbocycles. The first-order valence-electron chi connectivity index (χ1n) is 4.67. The highest BCUT2D eigenvalue weighted by molar-refractivity contribution is 7.92. The number of aryl methyl sites for hydroxylation is 1. The fourth-order valence-electron chi connectivity index (χ4n) is 1.60. The highest BCUT2D eigenvalue weighted by Gasteiger charge is 2.07. The van der Waals surface area contributed by atoms with E-state index < -0.39 is 9.84 Å². The number of aromatic nitrogens is 1. The topological polar surface area (TPSA) is 49.9 Å². The summed E-state index contributed by atoms with van der Waals surface area (Å²) in [4.78, 5) is 3.11. The average Bonchev–Trinajstić information content (AvgIpc) is 2.57. The summed E-state index contributed by atoms with van der Waals surface area (Å²) in [5.41, 5.74) is 2.06. The Morgan fingerprint density at radius 1 is 1.27 bits per heavy atom. The summed E-state index contributed by atoms with van der Waals surface area (Å²) in [5, 5.41) is 1.08. The minimum Gasteiger partial charge on any atom is -0.361 e. The van der Waals surface area contributed by atoms with Crippen molar-refractivity contribution in [3.8, 4) is 0 Å². The van der Waals surface area contributed by atoms with Crippen LogP contribution in [0.5, 0.6) is 0 Å². The van der Waals surface area contributed by atoms with Crippen LogP contribution in [-0.4, -0.2) is 19.2 Å². The Hall–Kier alpha value is -1.29. The van der Waals surface area contributed by atoms with Crippen LogP contribution in [0.2, 0.25) is 0 Å². The van der Waals surface area contributed by atoms with Crippen LogP contribution in [0.1, 0.15) is 5.56 Å². The summed E-state index contributed by atoms with van der Waals surface area (Å²) in [6, 6.07) is 7.84. The molecule has 4 heteroatoms. The Kier molecular flexibility index (Phi) is 2.52. The van der Waals surface area contributed by atoms with Gasteiger partial charge in [0.15, 0.2) is 9.84 Å². The zero-order valence-electron chi connectivity index (χ0n) is 8.23. The van der Waals surface area contributed by atoms with Gasteiger partial charge in [-0.1, -0.05) is 18.2 Å². The molecule has 3 nitrogen and oxygen atoms in total. The van der Waals surface area contributed by atoms with Crippen LogP contribution < -0.4 is 0 Å². The molecule has 2 aromatic rings. The van der Waals surface area contributed by atoms with Gasteiger partial charge in [-0.2, -0.15) is 0 Å². The van der Waals surface area contributed by atoms with Crippen LogP contribution >= 0.6 is 0 Å². The van der Waals surface area contributed by atoms with Crippen LogP contribution in [0.4, 0.5) is 0 Å². The van der Waals surface area contributed by atoms with Crippen LogP contribution in [0, 0.1) is 6.26 Å². The van der Waals surface area contributed by atoms with E-state index in [-0.39, 0.29) is 5.75 Å². The number of fused-ring (bicyclic) bond motifs is 1. The number of nitrogens with one attached hydrogen (secondary N) is 1. The fraction of sp³-hybridized carbons (Fsp3) is 0.182. The van der Waals surface area contributed by atoms with Gasteiger partial charge in [0, 0.05) is 17.1 Å². The number of aromatic amines is 1. The van der Waals surface area contributed by atoms with Gasteiger partial charge in [-0.25, -0.2) is 8.42 Å². The maximum atomic E-state index is 10.9. The van der Waals surface area contributed by atoms with Crippen molar-refractivity contribution >= 4 is 20.7 Å².